The van der Waals surface area contributed by atoms with Gasteiger partial charge in [0.2, 0.25) is 10.0 Å². The number of anilines is 1. The summed E-state index contributed by atoms with van der Waals surface area (Å²) in [6, 6.07) is 0.531. The van der Waals surface area contributed by atoms with Crippen molar-refractivity contribution in [3.8, 4) is 0 Å². The lowest BCUT2D eigenvalue weighted by atomic mass is 9.83. The summed E-state index contributed by atoms with van der Waals surface area (Å²) in [5.41, 5.74) is 1.35. The highest BCUT2D eigenvalue weighted by molar-refractivity contribution is 7.88. The molecule has 36 heavy (non-hydrogen) atoms. The Balaban J connectivity index is 1.27. The lowest BCUT2D eigenvalue weighted by molar-refractivity contribution is 0.0542. The molecule has 3 heterocycles. The maximum absolute atomic E-state index is 13.3. The molecule has 0 unspecified atom stereocenters. The molecule has 2 saturated heterocycles. The first-order valence-corrected chi connectivity index (χ1v) is 15.5. The van der Waals surface area contributed by atoms with Crippen molar-refractivity contribution in [2.24, 2.45) is 11.8 Å². The number of aromatic nitrogens is 2. The lowest BCUT2D eigenvalue weighted by Gasteiger charge is -2.43. The number of sulfonamides is 1. The summed E-state index contributed by atoms with van der Waals surface area (Å²) in [5.74, 6) is 2.29. The summed E-state index contributed by atoms with van der Waals surface area (Å²) in [7, 11) is -1.46. The van der Waals surface area contributed by atoms with Gasteiger partial charge < -0.3 is 15.1 Å². The molecule has 9 nitrogen and oxygen atoms in total. The minimum Gasteiger partial charge on any atom is -0.369 e. The Morgan fingerprint density at radius 1 is 1.03 bits per heavy atom. The molecule has 202 valence electrons. The van der Waals surface area contributed by atoms with E-state index in [4.69, 9.17) is 0 Å². The molecule has 1 aromatic rings. The van der Waals surface area contributed by atoms with Crippen molar-refractivity contribution in [1.82, 2.24) is 24.1 Å². The van der Waals surface area contributed by atoms with Gasteiger partial charge in [-0.2, -0.15) is 0 Å². The number of amides is 1. The van der Waals surface area contributed by atoms with Crippen LogP contribution >= 0.6 is 0 Å². The third kappa shape index (κ3) is 6.55. The SMILES string of the molecule is Cc1c(NCC2CCC(C)CC2)ncnc1C(=O)N1CCC(N2CCC(N(C)S(C)(=O)=O)CC2)CC1. The zero-order valence-corrected chi connectivity index (χ0v) is 23.3. The van der Waals surface area contributed by atoms with Crippen LogP contribution in [0.2, 0.25) is 0 Å². The Bertz CT molecular complexity index is 995. The zero-order chi connectivity index (χ0) is 25.9. The highest BCUT2D eigenvalue weighted by Gasteiger charge is 2.33. The predicted octanol–water partition coefficient (Wildman–Crippen LogP) is 2.98. The van der Waals surface area contributed by atoms with Crippen molar-refractivity contribution in [3.63, 3.8) is 0 Å². The van der Waals surface area contributed by atoms with E-state index in [-0.39, 0.29) is 11.9 Å². The zero-order valence-electron chi connectivity index (χ0n) is 22.4. The molecule has 1 aliphatic carbocycles. The first kappa shape index (κ1) is 27.3. The number of rotatable bonds is 7. The normalized spacial score (nSPS) is 25.3. The quantitative estimate of drug-likeness (QED) is 0.590. The molecule has 4 rings (SSSR count). The van der Waals surface area contributed by atoms with Gasteiger partial charge in [0, 0.05) is 44.3 Å². The van der Waals surface area contributed by atoms with Gasteiger partial charge in [-0.25, -0.2) is 22.7 Å². The number of nitrogens with one attached hydrogen (secondary N) is 1. The molecule has 0 aromatic carbocycles. The summed E-state index contributed by atoms with van der Waals surface area (Å²) >= 11 is 0. The monoisotopic (exact) mass is 520 g/mol. The molecule has 1 saturated carbocycles. The molecule has 1 N–H and O–H groups in total. The van der Waals surface area contributed by atoms with Crippen LogP contribution in [-0.4, -0.2) is 96.5 Å². The van der Waals surface area contributed by atoms with Crippen molar-refractivity contribution < 1.29 is 13.2 Å². The fourth-order valence-electron chi connectivity index (χ4n) is 6.09. The molecular formula is C26H44N6O3S. The number of hydrogen-bond acceptors (Lipinski definition) is 7. The summed E-state index contributed by atoms with van der Waals surface area (Å²) in [6.07, 6.45) is 11.5. The summed E-state index contributed by atoms with van der Waals surface area (Å²) in [5, 5.41) is 3.50. The van der Waals surface area contributed by atoms with Crippen LogP contribution < -0.4 is 5.32 Å². The Morgan fingerprint density at radius 2 is 1.67 bits per heavy atom. The first-order chi connectivity index (χ1) is 17.1. The van der Waals surface area contributed by atoms with Gasteiger partial charge >= 0.3 is 0 Å². The van der Waals surface area contributed by atoms with Crippen LogP contribution in [0.5, 0.6) is 0 Å². The Labute approximate surface area is 217 Å². The van der Waals surface area contributed by atoms with Gasteiger partial charge in [0.05, 0.1) is 6.26 Å². The molecule has 3 fully saturated rings. The van der Waals surface area contributed by atoms with E-state index >= 15 is 0 Å². The average Bonchev–Trinajstić information content (AvgIpc) is 2.88. The Hall–Kier alpha value is -1.78. The van der Waals surface area contributed by atoms with Crippen LogP contribution in [-0.2, 0) is 10.0 Å². The highest BCUT2D eigenvalue weighted by Crippen LogP contribution is 2.29. The van der Waals surface area contributed by atoms with E-state index in [9.17, 15) is 13.2 Å². The lowest BCUT2D eigenvalue weighted by Crippen LogP contribution is -2.52. The van der Waals surface area contributed by atoms with Crippen LogP contribution in [0.1, 0.15) is 74.3 Å². The van der Waals surface area contributed by atoms with E-state index in [1.807, 2.05) is 11.8 Å². The summed E-state index contributed by atoms with van der Waals surface area (Å²) < 4.78 is 25.2. The number of likely N-dealkylation sites (tertiary alicyclic amines) is 2. The standard InChI is InChI=1S/C26H44N6O3S/c1-19-5-7-21(8-6-19)17-27-25-20(2)24(28-18-29-25)26(33)32-15-11-23(12-16-32)31-13-9-22(10-14-31)30(3)36(4,34)35/h18-19,21-23H,5-17H2,1-4H3,(H,27,28,29). The molecule has 0 radical (unpaired) electrons. The van der Waals surface area contributed by atoms with Gasteiger partial charge in [0.15, 0.2) is 0 Å². The number of piperidine rings is 2. The van der Waals surface area contributed by atoms with Crippen LogP contribution in [0.15, 0.2) is 6.33 Å². The average molecular weight is 521 g/mol. The topological polar surface area (TPSA) is 98.7 Å². The van der Waals surface area contributed by atoms with E-state index in [0.717, 1.165) is 75.7 Å². The van der Waals surface area contributed by atoms with Crippen molar-refractivity contribution in [2.45, 2.75) is 77.3 Å². The summed E-state index contributed by atoms with van der Waals surface area (Å²) in [4.78, 5) is 26.6. The maximum Gasteiger partial charge on any atom is 0.272 e. The minimum atomic E-state index is -3.15. The molecule has 1 amide bonds. The molecule has 0 spiro atoms. The number of nitrogens with zero attached hydrogens (tertiary/aromatic N) is 5. The number of hydrogen-bond donors (Lipinski definition) is 1. The second-order valence-corrected chi connectivity index (χ2v) is 13.3. The Kier molecular flexibility index (Phi) is 8.88. The smallest absolute Gasteiger partial charge is 0.272 e. The first-order valence-electron chi connectivity index (χ1n) is 13.6. The van der Waals surface area contributed by atoms with Crippen LogP contribution in [0, 0.1) is 18.8 Å². The fourth-order valence-corrected chi connectivity index (χ4v) is 6.84. The van der Waals surface area contributed by atoms with Crippen LogP contribution in [0.4, 0.5) is 5.82 Å². The van der Waals surface area contributed by atoms with E-state index < -0.39 is 10.0 Å². The van der Waals surface area contributed by atoms with Crippen molar-refractivity contribution in [3.05, 3.63) is 17.6 Å². The van der Waals surface area contributed by atoms with Crippen LogP contribution in [0.3, 0.4) is 0 Å². The van der Waals surface area contributed by atoms with Gasteiger partial charge in [0.1, 0.15) is 17.8 Å². The molecule has 0 atom stereocenters. The predicted molar refractivity (Wildman–Crippen MR) is 143 cm³/mol. The third-order valence-electron chi connectivity index (χ3n) is 8.78. The Morgan fingerprint density at radius 3 is 2.28 bits per heavy atom. The second-order valence-electron chi connectivity index (χ2n) is 11.3. The second kappa shape index (κ2) is 11.7. The van der Waals surface area contributed by atoms with Crippen LogP contribution in [0.25, 0.3) is 0 Å². The highest BCUT2D eigenvalue weighted by atomic mass is 32.2. The molecular weight excluding hydrogens is 476 g/mol. The van der Waals surface area contributed by atoms with Crippen molar-refractivity contribution in [1.29, 1.82) is 0 Å². The van der Waals surface area contributed by atoms with E-state index in [1.165, 1.54) is 42.6 Å². The number of carbonyl (C=O) groups is 1. The van der Waals surface area contributed by atoms with E-state index in [1.54, 1.807) is 7.05 Å². The van der Waals surface area contributed by atoms with Gasteiger partial charge in [-0.3, -0.25) is 4.79 Å². The fraction of sp³-hybridized carbons (Fsp3) is 0.808. The molecule has 1 aromatic heterocycles. The largest absolute Gasteiger partial charge is 0.369 e. The van der Waals surface area contributed by atoms with Gasteiger partial charge in [-0.1, -0.05) is 19.8 Å². The maximum atomic E-state index is 13.3. The minimum absolute atomic E-state index is 0.00336. The molecule has 0 bridgehead atoms. The van der Waals surface area contributed by atoms with Crippen molar-refractivity contribution >= 4 is 21.7 Å². The van der Waals surface area contributed by atoms with Gasteiger partial charge in [-0.05, 0) is 70.4 Å². The van der Waals surface area contributed by atoms with Gasteiger partial charge in [-0.15, -0.1) is 0 Å². The van der Waals surface area contributed by atoms with Gasteiger partial charge in [0.25, 0.3) is 5.91 Å². The molecule has 3 aliphatic rings. The van der Waals surface area contributed by atoms with E-state index in [2.05, 4.69) is 27.1 Å². The molecule has 10 heteroatoms. The summed E-state index contributed by atoms with van der Waals surface area (Å²) in [6.45, 7) is 8.44. The molecule has 2 aliphatic heterocycles. The van der Waals surface area contributed by atoms with E-state index in [0.29, 0.717) is 17.7 Å². The third-order valence-corrected chi connectivity index (χ3v) is 10.1. The number of carbonyl (C=O) groups excluding carboxylic acids is 1. The van der Waals surface area contributed by atoms with Crippen molar-refractivity contribution in [2.75, 3.05) is 51.3 Å².